The Morgan fingerprint density at radius 2 is 1.83 bits per heavy atom. The van der Waals surface area contributed by atoms with Crippen LogP contribution in [0.4, 0.5) is 4.39 Å². The molecule has 1 aromatic carbocycles. The molecule has 3 nitrogen and oxygen atoms in total. The topological polar surface area (TPSA) is 27.3 Å². The minimum absolute atomic E-state index is 0.162. The number of hydrogen-bond donors (Lipinski definition) is 2. The number of nitrogens with one attached hydrogen (secondary N) is 2. The lowest BCUT2D eigenvalue weighted by Gasteiger charge is -2.27. The van der Waals surface area contributed by atoms with Gasteiger partial charge < -0.3 is 10.6 Å². The van der Waals surface area contributed by atoms with E-state index in [0.29, 0.717) is 0 Å². The molecule has 4 heteroatoms. The second-order valence-electron chi connectivity index (χ2n) is 4.72. The van der Waals surface area contributed by atoms with Crippen molar-refractivity contribution < 1.29 is 4.39 Å². The standard InChI is InChI=1S/C14H22FN3/c15-14-3-1-13(2-4-14)5-6-16-7-10-18-11-8-17-9-12-18/h1-4,16-17H,5-12H2. The summed E-state index contributed by atoms with van der Waals surface area (Å²) in [5.41, 5.74) is 1.19. The molecular formula is C14H22FN3. The summed E-state index contributed by atoms with van der Waals surface area (Å²) in [7, 11) is 0. The van der Waals surface area contributed by atoms with Gasteiger partial charge in [-0.1, -0.05) is 12.1 Å². The van der Waals surface area contributed by atoms with E-state index < -0.39 is 0 Å². The molecule has 18 heavy (non-hydrogen) atoms. The third-order valence-electron chi connectivity index (χ3n) is 3.32. The normalized spacial score (nSPS) is 16.9. The first-order chi connectivity index (χ1) is 8.84. The molecule has 100 valence electrons. The van der Waals surface area contributed by atoms with Crippen molar-refractivity contribution in [2.24, 2.45) is 0 Å². The summed E-state index contributed by atoms with van der Waals surface area (Å²) in [5, 5.41) is 6.79. The first kappa shape index (κ1) is 13.5. The number of benzene rings is 1. The van der Waals surface area contributed by atoms with Gasteiger partial charge in [0.15, 0.2) is 0 Å². The van der Waals surface area contributed by atoms with Gasteiger partial charge in [0.1, 0.15) is 5.82 Å². The van der Waals surface area contributed by atoms with Gasteiger partial charge in [0.05, 0.1) is 0 Å². The van der Waals surface area contributed by atoms with Gasteiger partial charge in [0.25, 0.3) is 0 Å². The van der Waals surface area contributed by atoms with Gasteiger partial charge in [0.2, 0.25) is 0 Å². The summed E-state index contributed by atoms with van der Waals surface area (Å²) < 4.78 is 12.7. The molecule has 0 radical (unpaired) electrons. The molecule has 1 aliphatic heterocycles. The first-order valence-electron chi connectivity index (χ1n) is 6.73. The molecule has 0 atom stereocenters. The summed E-state index contributed by atoms with van der Waals surface area (Å²) in [6.45, 7) is 7.62. The zero-order chi connectivity index (χ0) is 12.6. The lowest BCUT2D eigenvalue weighted by Crippen LogP contribution is -2.45. The lowest BCUT2D eigenvalue weighted by molar-refractivity contribution is 0.241. The summed E-state index contributed by atoms with van der Waals surface area (Å²) in [5.74, 6) is -0.162. The minimum atomic E-state index is -0.162. The summed E-state index contributed by atoms with van der Waals surface area (Å²) >= 11 is 0. The number of nitrogens with zero attached hydrogens (tertiary/aromatic N) is 1. The number of piperazine rings is 1. The van der Waals surface area contributed by atoms with Gasteiger partial charge >= 0.3 is 0 Å². The van der Waals surface area contributed by atoms with Crippen molar-refractivity contribution in [3.63, 3.8) is 0 Å². The highest BCUT2D eigenvalue weighted by Gasteiger charge is 2.07. The molecule has 0 amide bonds. The molecule has 1 aliphatic rings. The molecule has 0 aliphatic carbocycles. The fraction of sp³-hybridized carbons (Fsp3) is 0.571. The van der Waals surface area contributed by atoms with E-state index >= 15 is 0 Å². The van der Waals surface area contributed by atoms with E-state index in [1.165, 1.54) is 17.7 Å². The quantitative estimate of drug-likeness (QED) is 0.735. The minimum Gasteiger partial charge on any atom is -0.315 e. The molecule has 2 N–H and O–H groups in total. The molecule has 2 rings (SSSR count). The molecule has 1 fully saturated rings. The van der Waals surface area contributed by atoms with Crippen molar-refractivity contribution in [3.8, 4) is 0 Å². The van der Waals surface area contributed by atoms with Crippen molar-refractivity contribution in [1.29, 1.82) is 0 Å². The molecule has 0 saturated carbocycles. The van der Waals surface area contributed by atoms with Gasteiger partial charge in [-0.2, -0.15) is 0 Å². The Bertz CT molecular complexity index is 333. The molecule has 0 aromatic heterocycles. The predicted molar refractivity (Wildman–Crippen MR) is 72.3 cm³/mol. The van der Waals surface area contributed by atoms with Crippen molar-refractivity contribution in [3.05, 3.63) is 35.6 Å². The van der Waals surface area contributed by atoms with Crippen molar-refractivity contribution in [2.45, 2.75) is 6.42 Å². The van der Waals surface area contributed by atoms with Gasteiger partial charge in [-0.05, 0) is 30.7 Å². The highest BCUT2D eigenvalue weighted by Crippen LogP contribution is 2.02. The average Bonchev–Trinajstić information content (AvgIpc) is 2.42. The Kier molecular flexibility index (Phi) is 5.58. The van der Waals surface area contributed by atoms with Crippen LogP contribution in [0.3, 0.4) is 0 Å². The molecular weight excluding hydrogens is 229 g/mol. The summed E-state index contributed by atoms with van der Waals surface area (Å²) in [6.07, 6.45) is 0.960. The van der Waals surface area contributed by atoms with Crippen LogP contribution in [0.15, 0.2) is 24.3 Å². The molecule has 1 saturated heterocycles. The predicted octanol–water partition coefficient (Wildman–Crippen LogP) is 0.863. The number of hydrogen-bond acceptors (Lipinski definition) is 3. The Morgan fingerprint density at radius 3 is 2.56 bits per heavy atom. The van der Waals surface area contributed by atoms with Crippen LogP contribution in [0.5, 0.6) is 0 Å². The van der Waals surface area contributed by atoms with Gasteiger partial charge in [0, 0.05) is 39.3 Å². The highest BCUT2D eigenvalue weighted by molar-refractivity contribution is 5.16. The highest BCUT2D eigenvalue weighted by atomic mass is 19.1. The summed E-state index contributed by atoms with van der Waals surface area (Å²) in [6, 6.07) is 6.76. The third-order valence-corrected chi connectivity index (χ3v) is 3.32. The maximum Gasteiger partial charge on any atom is 0.123 e. The first-order valence-corrected chi connectivity index (χ1v) is 6.73. The van der Waals surface area contributed by atoms with Crippen molar-refractivity contribution in [2.75, 3.05) is 45.8 Å². The van der Waals surface area contributed by atoms with E-state index in [9.17, 15) is 4.39 Å². The maximum absolute atomic E-state index is 12.7. The number of halogens is 1. The van der Waals surface area contributed by atoms with Gasteiger partial charge in [-0.15, -0.1) is 0 Å². The van der Waals surface area contributed by atoms with E-state index in [0.717, 1.165) is 52.2 Å². The molecule has 0 spiro atoms. The Labute approximate surface area is 108 Å². The van der Waals surface area contributed by atoms with Crippen LogP contribution in [-0.2, 0) is 6.42 Å². The lowest BCUT2D eigenvalue weighted by atomic mass is 10.1. The molecule has 1 heterocycles. The fourth-order valence-corrected chi connectivity index (χ4v) is 2.18. The Balaban J connectivity index is 1.54. The average molecular weight is 251 g/mol. The van der Waals surface area contributed by atoms with E-state index in [1.54, 1.807) is 0 Å². The number of rotatable bonds is 6. The second kappa shape index (κ2) is 7.46. The van der Waals surface area contributed by atoms with Crippen LogP contribution >= 0.6 is 0 Å². The van der Waals surface area contributed by atoms with Crippen molar-refractivity contribution >= 4 is 0 Å². The van der Waals surface area contributed by atoms with Crippen LogP contribution in [0, 0.1) is 5.82 Å². The van der Waals surface area contributed by atoms with Crippen molar-refractivity contribution in [1.82, 2.24) is 15.5 Å². The van der Waals surface area contributed by atoms with E-state index in [1.807, 2.05) is 12.1 Å². The Hall–Kier alpha value is -0.970. The van der Waals surface area contributed by atoms with Gasteiger partial charge in [-0.3, -0.25) is 4.90 Å². The van der Waals surface area contributed by atoms with Crippen LogP contribution in [0.2, 0.25) is 0 Å². The third kappa shape index (κ3) is 4.72. The van der Waals surface area contributed by atoms with Crippen LogP contribution in [0.1, 0.15) is 5.56 Å². The summed E-state index contributed by atoms with van der Waals surface area (Å²) in [4.78, 5) is 2.47. The molecule has 1 aromatic rings. The van der Waals surface area contributed by atoms with E-state index in [-0.39, 0.29) is 5.82 Å². The van der Waals surface area contributed by atoms with E-state index in [4.69, 9.17) is 0 Å². The Morgan fingerprint density at radius 1 is 1.11 bits per heavy atom. The smallest absolute Gasteiger partial charge is 0.123 e. The largest absolute Gasteiger partial charge is 0.315 e. The second-order valence-corrected chi connectivity index (χ2v) is 4.72. The van der Waals surface area contributed by atoms with E-state index in [2.05, 4.69) is 15.5 Å². The molecule has 0 bridgehead atoms. The monoisotopic (exact) mass is 251 g/mol. The molecule has 0 unspecified atom stereocenters. The SMILES string of the molecule is Fc1ccc(CCNCCN2CCNCC2)cc1. The zero-order valence-corrected chi connectivity index (χ0v) is 10.8. The van der Waals surface area contributed by atoms with Gasteiger partial charge in [-0.25, -0.2) is 4.39 Å². The fourth-order valence-electron chi connectivity index (χ4n) is 2.18. The van der Waals surface area contributed by atoms with Crippen LogP contribution in [0.25, 0.3) is 0 Å². The van der Waals surface area contributed by atoms with Crippen LogP contribution in [-0.4, -0.2) is 50.7 Å². The maximum atomic E-state index is 12.7. The van der Waals surface area contributed by atoms with Crippen LogP contribution < -0.4 is 10.6 Å². The zero-order valence-electron chi connectivity index (χ0n) is 10.8.